The lowest BCUT2D eigenvalue weighted by Crippen LogP contribution is -2.39. The number of H-pyrrole nitrogens is 1. The Hall–Kier alpha value is -2.10. The molecule has 2 aromatic heterocycles. The van der Waals surface area contributed by atoms with Gasteiger partial charge in [-0.25, -0.2) is 4.99 Å². The minimum atomic E-state index is 0. The number of benzene rings is 1. The van der Waals surface area contributed by atoms with Crippen molar-refractivity contribution in [3.05, 3.63) is 47.2 Å². The first-order valence-corrected chi connectivity index (χ1v) is 10.0. The first-order valence-electron chi connectivity index (χ1n) is 10.0. The number of aliphatic imine (C=N–C) groups is 1. The van der Waals surface area contributed by atoms with Gasteiger partial charge < -0.3 is 20.2 Å². The van der Waals surface area contributed by atoms with Crippen LogP contribution in [-0.4, -0.2) is 38.8 Å². The highest BCUT2D eigenvalue weighted by molar-refractivity contribution is 14.0. The van der Waals surface area contributed by atoms with Crippen LogP contribution in [0.15, 0.2) is 29.4 Å². The smallest absolute Gasteiger partial charge is 0.191 e. The van der Waals surface area contributed by atoms with E-state index in [1.807, 2.05) is 18.5 Å². The zero-order chi connectivity index (χ0) is 19.9. The predicted molar refractivity (Wildman–Crippen MR) is 130 cm³/mol. The van der Waals surface area contributed by atoms with Crippen LogP contribution < -0.4 is 10.6 Å². The molecule has 3 aromatic rings. The summed E-state index contributed by atoms with van der Waals surface area (Å²) in [6, 6.07) is 6.38. The molecule has 0 saturated carbocycles. The molecule has 1 aromatic carbocycles. The Morgan fingerprint density at radius 2 is 1.97 bits per heavy atom. The molecule has 3 N–H and O–H groups in total. The fourth-order valence-electron chi connectivity index (χ4n) is 3.26. The summed E-state index contributed by atoms with van der Waals surface area (Å²) in [5.74, 6) is 2.58. The second-order valence-corrected chi connectivity index (χ2v) is 7.16. The van der Waals surface area contributed by atoms with Gasteiger partial charge in [0.1, 0.15) is 12.4 Å². The molecular formula is C21H32IN7. The van der Waals surface area contributed by atoms with E-state index in [1.165, 1.54) is 22.0 Å². The summed E-state index contributed by atoms with van der Waals surface area (Å²) in [7, 11) is 1.97. The van der Waals surface area contributed by atoms with Gasteiger partial charge in [0.25, 0.3) is 0 Å². The Labute approximate surface area is 189 Å². The van der Waals surface area contributed by atoms with Gasteiger partial charge in [0.15, 0.2) is 11.8 Å². The third kappa shape index (κ3) is 5.94. The number of hydrogen-bond acceptors (Lipinski definition) is 3. The fourth-order valence-corrected chi connectivity index (χ4v) is 3.26. The number of hydrogen-bond donors (Lipinski definition) is 3. The zero-order valence-electron chi connectivity index (χ0n) is 17.7. The van der Waals surface area contributed by atoms with E-state index >= 15 is 0 Å². The van der Waals surface area contributed by atoms with E-state index in [9.17, 15) is 0 Å². The maximum atomic E-state index is 4.70. The number of fused-ring (bicyclic) bond motifs is 1. The minimum Gasteiger partial charge on any atom is -0.361 e. The Morgan fingerprint density at radius 3 is 2.69 bits per heavy atom. The molecule has 7 nitrogen and oxygen atoms in total. The third-order valence-corrected chi connectivity index (χ3v) is 5.07. The monoisotopic (exact) mass is 509 g/mol. The molecule has 0 spiro atoms. The van der Waals surface area contributed by atoms with Crippen molar-refractivity contribution in [3.8, 4) is 0 Å². The third-order valence-electron chi connectivity index (χ3n) is 5.07. The van der Waals surface area contributed by atoms with Crippen molar-refractivity contribution in [2.45, 2.75) is 46.6 Å². The van der Waals surface area contributed by atoms with Gasteiger partial charge in [0, 0.05) is 37.2 Å². The number of rotatable bonds is 8. The summed E-state index contributed by atoms with van der Waals surface area (Å²) in [5.41, 5.74) is 3.83. The van der Waals surface area contributed by atoms with Crippen LogP contribution in [0, 0.1) is 13.8 Å². The van der Waals surface area contributed by atoms with Crippen LogP contribution >= 0.6 is 24.0 Å². The zero-order valence-corrected chi connectivity index (χ0v) is 20.1. The molecule has 0 bridgehead atoms. The van der Waals surface area contributed by atoms with Crippen LogP contribution in [0.4, 0.5) is 0 Å². The normalized spacial score (nSPS) is 11.5. The Kier molecular flexibility index (Phi) is 8.94. The molecule has 0 aliphatic carbocycles. The number of aryl methyl sites for hydroxylation is 2. The lowest BCUT2D eigenvalue weighted by atomic mass is 10.1. The first kappa shape index (κ1) is 23.2. The van der Waals surface area contributed by atoms with Crippen LogP contribution in [0.5, 0.6) is 0 Å². The van der Waals surface area contributed by atoms with Gasteiger partial charge in [-0.3, -0.25) is 0 Å². The molecule has 8 heteroatoms. The van der Waals surface area contributed by atoms with E-state index in [4.69, 9.17) is 4.99 Å². The highest BCUT2D eigenvalue weighted by Crippen LogP contribution is 2.22. The van der Waals surface area contributed by atoms with Crippen LogP contribution in [0.2, 0.25) is 0 Å². The molecule has 0 aliphatic heterocycles. The molecule has 0 unspecified atom stereocenters. The van der Waals surface area contributed by atoms with Crippen LogP contribution in [-0.2, 0) is 20.0 Å². The lowest BCUT2D eigenvalue weighted by molar-refractivity contribution is 0.714. The predicted octanol–water partition coefficient (Wildman–Crippen LogP) is 3.61. The van der Waals surface area contributed by atoms with Gasteiger partial charge in [-0.2, -0.15) is 0 Å². The number of guanidine groups is 1. The summed E-state index contributed by atoms with van der Waals surface area (Å²) in [6.45, 7) is 8.53. The SMILES string of the molecule is CCCCNC(=NCc1nnc(C)n1C)NCCc1c[nH]c2cccc(C)c12.I. The summed E-state index contributed by atoms with van der Waals surface area (Å²) < 4.78 is 1.97. The molecule has 0 amide bonds. The Morgan fingerprint density at radius 1 is 1.17 bits per heavy atom. The Bertz CT molecular complexity index is 942. The summed E-state index contributed by atoms with van der Waals surface area (Å²) in [4.78, 5) is 8.07. The van der Waals surface area contributed by atoms with Crippen molar-refractivity contribution in [1.82, 2.24) is 30.4 Å². The number of aromatic nitrogens is 4. The van der Waals surface area contributed by atoms with E-state index < -0.39 is 0 Å². The second kappa shape index (κ2) is 11.2. The standard InChI is InChI=1S/C21H31N7.HI/c1-5-6-11-22-21(25-14-19-27-26-16(3)28(19)4)23-12-10-17-13-24-18-9-7-8-15(2)20(17)18;/h7-9,13,24H,5-6,10-12,14H2,1-4H3,(H2,22,23,25);1H. The van der Waals surface area contributed by atoms with Gasteiger partial charge in [-0.05, 0) is 43.9 Å². The van der Waals surface area contributed by atoms with Crippen molar-refractivity contribution in [2.75, 3.05) is 13.1 Å². The van der Waals surface area contributed by atoms with E-state index in [1.54, 1.807) is 0 Å². The van der Waals surface area contributed by atoms with E-state index in [0.717, 1.165) is 50.0 Å². The van der Waals surface area contributed by atoms with Crippen LogP contribution in [0.1, 0.15) is 42.5 Å². The molecule has 0 fully saturated rings. The molecule has 0 atom stereocenters. The highest BCUT2D eigenvalue weighted by Gasteiger charge is 2.08. The summed E-state index contributed by atoms with van der Waals surface area (Å²) in [6.07, 6.45) is 5.31. The number of unbranched alkanes of at least 4 members (excludes halogenated alkanes) is 1. The fraction of sp³-hybridized carbons (Fsp3) is 0.476. The van der Waals surface area contributed by atoms with Crippen molar-refractivity contribution in [1.29, 1.82) is 0 Å². The number of halogens is 1. The number of aromatic amines is 1. The highest BCUT2D eigenvalue weighted by atomic mass is 127. The topological polar surface area (TPSA) is 82.9 Å². The summed E-state index contributed by atoms with van der Waals surface area (Å²) in [5, 5.41) is 16.5. The van der Waals surface area contributed by atoms with Crippen molar-refractivity contribution in [2.24, 2.45) is 12.0 Å². The largest absolute Gasteiger partial charge is 0.361 e. The lowest BCUT2D eigenvalue weighted by Gasteiger charge is -2.12. The average molecular weight is 509 g/mol. The van der Waals surface area contributed by atoms with Gasteiger partial charge in [-0.1, -0.05) is 25.5 Å². The van der Waals surface area contributed by atoms with Crippen molar-refractivity contribution < 1.29 is 0 Å². The van der Waals surface area contributed by atoms with Crippen molar-refractivity contribution in [3.63, 3.8) is 0 Å². The van der Waals surface area contributed by atoms with E-state index in [2.05, 4.69) is 64.1 Å². The van der Waals surface area contributed by atoms with Gasteiger partial charge in [-0.15, -0.1) is 34.2 Å². The van der Waals surface area contributed by atoms with Gasteiger partial charge in [0.05, 0.1) is 0 Å². The van der Waals surface area contributed by atoms with Crippen molar-refractivity contribution >= 4 is 40.8 Å². The molecule has 0 radical (unpaired) electrons. The van der Waals surface area contributed by atoms with E-state index in [0.29, 0.717) is 6.54 Å². The second-order valence-electron chi connectivity index (χ2n) is 7.16. The molecule has 0 aliphatic rings. The minimum absolute atomic E-state index is 0. The van der Waals surface area contributed by atoms with Gasteiger partial charge in [0.2, 0.25) is 0 Å². The molecule has 2 heterocycles. The molecule has 3 rings (SSSR count). The van der Waals surface area contributed by atoms with Gasteiger partial charge >= 0.3 is 0 Å². The number of nitrogens with zero attached hydrogens (tertiary/aromatic N) is 4. The Balaban J connectivity index is 0.00000300. The maximum absolute atomic E-state index is 4.70. The van der Waals surface area contributed by atoms with E-state index in [-0.39, 0.29) is 24.0 Å². The summed E-state index contributed by atoms with van der Waals surface area (Å²) >= 11 is 0. The first-order chi connectivity index (χ1) is 13.6. The molecule has 29 heavy (non-hydrogen) atoms. The number of nitrogens with one attached hydrogen (secondary N) is 3. The van der Waals surface area contributed by atoms with Crippen LogP contribution in [0.25, 0.3) is 10.9 Å². The molecule has 0 saturated heterocycles. The average Bonchev–Trinajstić information content (AvgIpc) is 3.24. The molecule has 158 valence electrons. The maximum Gasteiger partial charge on any atom is 0.191 e. The molecular weight excluding hydrogens is 477 g/mol. The quantitative estimate of drug-likeness (QED) is 0.188. The van der Waals surface area contributed by atoms with Crippen LogP contribution in [0.3, 0.4) is 0 Å².